The summed E-state index contributed by atoms with van der Waals surface area (Å²) >= 11 is 0. The van der Waals surface area contributed by atoms with Gasteiger partial charge in [-0.2, -0.15) is 0 Å². The van der Waals surface area contributed by atoms with Crippen LogP contribution in [0.5, 0.6) is 0 Å². The highest BCUT2D eigenvalue weighted by atomic mass is 16.5. The van der Waals surface area contributed by atoms with Gasteiger partial charge in [-0.25, -0.2) is 9.59 Å². The Bertz CT molecular complexity index is 306. The maximum absolute atomic E-state index is 11.7. The van der Waals surface area contributed by atoms with Gasteiger partial charge >= 0.3 is 12.0 Å². The summed E-state index contributed by atoms with van der Waals surface area (Å²) in [5.74, 6) is -1.03. The molecule has 0 saturated carbocycles. The van der Waals surface area contributed by atoms with E-state index in [0.29, 0.717) is 6.61 Å². The molecule has 1 heterocycles. The summed E-state index contributed by atoms with van der Waals surface area (Å²) in [7, 11) is 0. The highest BCUT2D eigenvalue weighted by Crippen LogP contribution is 2.19. The predicted octanol–water partition coefficient (Wildman–Crippen LogP) is 0.964. The van der Waals surface area contributed by atoms with Crippen LogP contribution in [0, 0.1) is 5.41 Å². The van der Waals surface area contributed by atoms with Gasteiger partial charge < -0.3 is 20.5 Å². The smallest absolute Gasteiger partial charge is 0.326 e. The highest BCUT2D eigenvalue weighted by molar-refractivity contribution is 5.83. The minimum absolute atomic E-state index is 0.0341. The Labute approximate surface area is 107 Å². The number of nitrogens with one attached hydrogen (secondary N) is 2. The molecule has 0 aromatic rings. The van der Waals surface area contributed by atoms with E-state index in [1.807, 2.05) is 0 Å². The third kappa shape index (κ3) is 4.52. The second kappa shape index (κ2) is 6.04. The summed E-state index contributed by atoms with van der Waals surface area (Å²) in [6, 6.07) is -1.40. The Kier molecular flexibility index (Phi) is 4.95. The third-order valence-corrected chi connectivity index (χ3v) is 2.88. The molecular formula is C12H22N2O4. The largest absolute Gasteiger partial charge is 0.480 e. The van der Waals surface area contributed by atoms with E-state index in [0.717, 1.165) is 19.4 Å². The Hall–Kier alpha value is -1.30. The van der Waals surface area contributed by atoms with Crippen molar-refractivity contribution >= 4 is 12.0 Å². The molecule has 1 aliphatic rings. The van der Waals surface area contributed by atoms with Crippen LogP contribution in [0.15, 0.2) is 0 Å². The van der Waals surface area contributed by atoms with Crippen LogP contribution in [0.1, 0.15) is 33.6 Å². The first-order valence-corrected chi connectivity index (χ1v) is 6.18. The Morgan fingerprint density at radius 2 is 2.06 bits per heavy atom. The quantitative estimate of drug-likeness (QED) is 0.703. The van der Waals surface area contributed by atoms with Gasteiger partial charge in [0.15, 0.2) is 0 Å². The molecule has 0 spiro atoms. The molecule has 104 valence electrons. The fourth-order valence-corrected chi connectivity index (χ4v) is 1.86. The number of ether oxygens (including phenoxy) is 1. The van der Waals surface area contributed by atoms with Crippen LogP contribution in [-0.2, 0) is 9.53 Å². The van der Waals surface area contributed by atoms with Crippen molar-refractivity contribution in [2.75, 3.05) is 13.2 Å². The van der Waals surface area contributed by atoms with E-state index in [4.69, 9.17) is 9.84 Å². The number of carbonyl (C=O) groups is 2. The SMILES string of the molecule is CC(C)(C)C(NC(=O)NC1CCCOC1)C(=O)O. The molecule has 1 saturated heterocycles. The van der Waals surface area contributed by atoms with Gasteiger partial charge in [0, 0.05) is 6.61 Å². The number of amides is 2. The average Bonchev–Trinajstić information content (AvgIpc) is 2.25. The maximum Gasteiger partial charge on any atom is 0.326 e. The normalized spacial score (nSPS) is 22.1. The van der Waals surface area contributed by atoms with Crippen molar-refractivity contribution in [2.45, 2.75) is 45.7 Å². The summed E-state index contributed by atoms with van der Waals surface area (Å²) in [5, 5.41) is 14.3. The van der Waals surface area contributed by atoms with Crippen LogP contribution in [-0.4, -0.2) is 42.4 Å². The average molecular weight is 258 g/mol. The first-order chi connectivity index (χ1) is 8.30. The number of urea groups is 1. The monoisotopic (exact) mass is 258 g/mol. The maximum atomic E-state index is 11.7. The number of carbonyl (C=O) groups excluding carboxylic acids is 1. The van der Waals surface area contributed by atoms with Gasteiger partial charge in [0.05, 0.1) is 12.6 Å². The Morgan fingerprint density at radius 1 is 1.39 bits per heavy atom. The van der Waals surface area contributed by atoms with E-state index in [2.05, 4.69) is 10.6 Å². The van der Waals surface area contributed by atoms with Crippen LogP contribution in [0.4, 0.5) is 4.79 Å². The lowest BCUT2D eigenvalue weighted by molar-refractivity contribution is -0.141. The zero-order valence-corrected chi connectivity index (χ0v) is 11.2. The van der Waals surface area contributed by atoms with Crippen LogP contribution in [0.2, 0.25) is 0 Å². The van der Waals surface area contributed by atoms with Gasteiger partial charge in [-0.15, -0.1) is 0 Å². The van der Waals surface area contributed by atoms with Gasteiger partial charge in [-0.1, -0.05) is 20.8 Å². The molecule has 2 atom stereocenters. The molecule has 0 aromatic carbocycles. The second-order valence-corrected chi connectivity index (χ2v) is 5.67. The number of carboxylic acid groups (broad SMARTS) is 1. The van der Waals surface area contributed by atoms with Gasteiger partial charge in [0.1, 0.15) is 6.04 Å². The summed E-state index contributed by atoms with van der Waals surface area (Å²) in [6.45, 7) is 6.53. The minimum atomic E-state index is -1.03. The van der Waals surface area contributed by atoms with Gasteiger partial charge in [0.25, 0.3) is 0 Å². The van der Waals surface area contributed by atoms with E-state index in [9.17, 15) is 9.59 Å². The molecule has 18 heavy (non-hydrogen) atoms. The van der Waals surface area contributed by atoms with Crippen molar-refractivity contribution in [3.05, 3.63) is 0 Å². The van der Waals surface area contributed by atoms with Crippen molar-refractivity contribution in [1.82, 2.24) is 10.6 Å². The summed E-state index contributed by atoms with van der Waals surface area (Å²) in [6.07, 6.45) is 1.77. The summed E-state index contributed by atoms with van der Waals surface area (Å²) in [5.41, 5.74) is -0.535. The molecule has 0 radical (unpaired) electrons. The molecule has 1 fully saturated rings. The Morgan fingerprint density at radius 3 is 2.50 bits per heavy atom. The van der Waals surface area contributed by atoms with Gasteiger partial charge in [0.2, 0.25) is 0 Å². The number of aliphatic carboxylic acids is 1. The molecule has 6 nitrogen and oxygen atoms in total. The molecule has 1 rings (SSSR count). The van der Waals surface area contributed by atoms with E-state index < -0.39 is 23.5 Å². The zero-order chi connectivity index (χ0) is 13.8. The third-order valence-electron chi connectivity index (χ3n) is 2.88. The van der Waals surface area contributed by atoms with E-state index >= 15 is 0 Å². The standard InChI is InChI=1S/C12H22N2O4/c1-12(2,3)9(10(15)16)14-11(17)13-8-5-4-6-18-7-8/h8-9H,4-7H2,1-3H3,(H,15,16)(H2,13,14,17). The van der Waals surface area contributed by atoms with Crippen LogP contribution >= 0.6 is 0 Å². The van der Waals surface area contributed by atoms with Crippen molar-refractivity contribution in [1.29, 1.82) is 0 Å². The topological polar surface area (TPSA) is 87.7 Å². The van der Waals surface area contributed by atoms with Crippen molar-refractivity contribution in [3.63, 3.8) is 0 Å². The van der Waals surface area contributed by atoms with Crippen molar-refractivity contribution in [3.8, 4) is 0 Å². The fraction of sp³-hybridized carbons (Fsp3) is 0.833. The Balaban J connectivity index is 2.48. The highest BCUT2D eigenvalue weighted by Gasteiger charge is 2.33. The first kappa shape index (κ1) is 14.8. The molecular weight excluding hydrogens is 236 g/mol. The summed E-state index contributed by atoms with van der Waals surface area (Å²) < 4.78 is 5.24. The molecule has 0 bridgehead atoms. The number of carboxylic acids is 1. The number of hydrogen-bond acceptors (Lipinski definition) is 3. The predicted molar refractivity (Wildman–Crippen MR) is 66.4 cm³/mol. The van der Waals surface area contributed by atoms with E-state index in [-0.39, 0.29) is 6.04 Å². The first-order valence-electron chi connectivity index (χ1n) is 6.18. The molecule has 3 N–H and O–H groups in total. The number of hydrogen-bond donors (Lipinski definition) is 3. The fourth-order valence-electron chi connectivity index (χ4n) is 1.86. The second-order valence-electron chi connectivity index (χ2n) is 5.67. The molecule has 2 unspecified atom stereocenters. The van der Waals surface area contributed by atoms with Crippen LogP contribution in [0.25, 0.3) is 0 Å². The van der Waals surface area contributed by atoms with Crippen molar-refractivity contribution < 1.29 is 19.4 Å². The van der Waals surface area contributed by atoms with Crippen LogP contribution < -0.4 is 10.6 Å². The lowest BCUT2D eigenvalue weighted by atomic mass is 9.87. The molecule has 0 aromatic heterocycles. The van der Waals surface area contributed by atoms with Crippen LogP contribution in [0.3, 0.4) is 0 Å². The lowest BCUT2D eigenvalue weighted by Crippen LogP contribution is -2.54. The minimum Gasteiger partial charge on any atom is -0.480 e. The van der Waals surface area contributed by atoms with E-state index in [1.54, 1.807) is 20.8 Å². The van der Waals surface area contributed by atoms with Crippen molar-refractivity contribution in [2.24, 2.45) is 5.41 Å². The molecule has 0 aliphatic carbocycles. The molecule has 6 heteroatoms. The zero-order valence-electron chi connectivity index (χ0n) is 11.2. The molecule has 2 amide bonds. The van der Waals surface area contributed by atoms with Gasteiger partial charge in [-0.05, 0) is 18.3 Å². The molecule has 1 aliphatic heterocycles. The summed E-state index contributed by atoms with van der Waals surface area (Å²) in [4.78, 5) is 22.8. The van der Waals surface area contributed by atoms with E-state index in [1.165, 1.54) is 0 Å². The lowest BCUT2D eigenvalue weighted by Gasteiger charge is -2.29. The number of rotatable bonds is 3. The van der Waals surface area contributed by atoms with Gasteiger partial charge in [-0.3, -0.25) is 0 Å².